The lowest BCUT2D eigenvalue weighted by Gasteiger charge is -2.31. The molecule has 2 rings (SSSR count). The quantitative estimate of drug-likeness (QED) is 0.862. The fourth-order valence-electron chi connectivity index (χ4n) is 2.63. The molecule has 5 nitrogen and oxygen atoms in total. The standard InChI is InChI=1S/C15H18F3N3O2/c1-10(22)12-8-19-5-2-13(12)20-14(23)11-3-6-21(7-4-11)9-15(16,17)18/h2,5,8,11H,3-4,6-7,9H2,1H3,(H,19,20,23). The summed E-state index contributed by atoms with van der Waals surface area (Å²) in [6, 6.07) is 1.54. The van der Waals surface area contributed by atoms with Crippen molar-refractivity contribution in [1.82, 2.24) is 9.88 Å². The van der Waals surface area contributed by atoms with Crippen LogP contribution in [0.5, 0.6) is 0 Å². The van der Waals surface area contributed by atoms with E-state index in [0.717, 1.165) is 0 Å². The summed E-state index contributed by atoms with van der Waals surface area (Å²) in [7, 11) is 0. The van der Waals surface area contributed by atoms with Crippen LogP contribution in [0.25, 0.3) is 0 Å². The SMILES string of the molecule is CC(=O)c1cnccc1NC(=O)C1CCN(CC(F)(F)F)CC1. The van der Waals surface area contributed by atoms with Gasteiger partial charge in [0.05, 0.1) is 17.8 Å². The lowest BCUT2D eigenvalue weighted by atomic mass is 9.95. The van der Waals surface area contributed by atoms with Crippen LogP contribution in [-0.2, 0) is 4.79 Å². The number of likely N-dealkylation sites (tertiary alicyclic amines) is 1. The molecule has 8 heteroatoms. The van der Waals surface area contributed by atoms with Crippen LogP contribution < -0.4 is 5.32 Å². The van der Waals surface area contributed by atoms with Gasteiger partial charge in [-0.3, -0.25) is 19.5 Å². The topological polar surface area (TPSA) is 62.3 Å². The number of Topliss-reactive ketones (excluding diaryl/α,β-unsaturated/α-hetero) is 1. The Labute approximate surface area is 131 Å². The van der Waals surface area contributed by atoms with Crippen molar-refractivity contribution in [2.45, 2.75) is 25.9 Å². The van der Waals surface area contributed by atoms with Gasteiger partial charge in [0.25, 0.3) is 0 Å². The number of nitrogens with zero attached hydrogens (tertiary/aromatic N) is 2. The van der Waals surface area contributed by atoms with Crippen LogP contribution in [-0.4, -0.2) is 47.4 Å². The highest BCUT2D eigenvalue weighted by Crippen LogP contribution is 2.24. The highest BCUT2D eigenvalue weighted by Gasteiger charge is 2.34. The highest BCUT2D eigenvalue weighted by molar-refractivity contribution is 6.03. The molecule has 1 aromatic heterocycles. The average Bonchev–Trinajstić information content (AvgIpc) is 2.46. The molecule has 0 aromatic carbocycles. The molecule has 0 atom stereocenters. The van der Waals surface area contributed by atoms with E-state index in [0.29, 0.717) is 24.1 Å². The second-order valence-electron chi connectivity index (χ2n) is 5.63. The largest absolute Gasteiger partial charge is 0.401 e. The van der Waals surface area contributed by atoms with Crippen molar-refractivity contribution in [2.75, 3.05) is 25.0 Å². The third kappa shape index (κ3) is 5.02. The van der Waals surface area contributed by atoms with Gasteiger partial charge in [-0.15, -0.1) is 0 Å². The summed E-state index contributed by atoms with van der Waals surface area (Å²) in [6.07, 6.45) is -0.648. The Bertz CT molecular complexity index is 582. The van der Waals surface area contributed by atoms with Crippen molar-refractivity contribution in [2.24, 2.45) is 5.92 Å². The number of carbonyl (C=O) groups is 2. The van der Waals surface area contributed by atoms with E-state index in [1.807, 2.05) is 0 Å². The summed E-state index contributed by atoms with van der Waals surface area (Å²) in [5.74, 6) is -0.841. The Balaban J connectivity index is 1.92. The monoisotopic (exact) mass is 329 g/mol. The number of nitrogens with one attached hydrogen (secondary N) is 1. The van der Waals surface area contributed by atoms with Crippen LogP contribution in [0, 0.1) is 5.92 Å². The molecular formula is C15H18F3N3O2. The summed E-state index contributed by atoms with van der Waals surface area (Å²) in [5.41, 5.74) is 0.700. The fourth-order valence-corrected chi connectivity index (χ4v) is 2.63. The summed E-state index contributed by atoms with van der Waals surface area (Å²) in [4.78, 5) is 28.9. The normalized spacial score (nSPS) is 17.0. The highest BCUT2D eigenvalue weighted by atomic mass is 19.4. The van der Waals surface area contributed by atoms with E-state index in [2.05, 4.69) is 10.3 Å². The molecule has 2 heterocycles. The second kappa shape index (κ2) is 7.08. The minimum Gasteiger partial charge on any atom is -0.325 e. The van der Waals surface area contributed by atoms with E-state index in [4.69, 9.17) is 0 Å². The summed E-state index contributed by atoms with van der Waals surface area (Å²) < 4.78 is 37.0. The van der Waals surface area contributed by atoms with E-state index in [1.54, 1.807) is 0 Å². The minimum absolute atomic E-state index is 0.214. The molecule has 1 saturated heterocycles. The van der Waals surface area contributed by atoms with E-state index < -0.39 is 12.7 Å². The number of piperidine rings is 1. The number of aromatic nitrogens is 1. The second-order valence-corrected chi connectivity index (χ2v) is 5.63. The number of hydrogen-bond donors (Lipinski definition) is 1. The molecule has 0 unspecified atom stereocenters. The Morgan fingerprint density at radius 2 is 2.00 bits per heavy atom. The van der Waals surface area contributed by atoms with Crippen LogP contribution in [0.2, 0.25) is 0 Å². The lowest BCUT2D eigenvalue weighted by Crippen LogP contribution is -2.42. The molecule has 1 aromatic rings. The number of anilines is 1. The fraction of sp³-hybridized carbons (Fsp3) is 0.533. The Morgan fingerprint density at radius 3 is 2.57 bits per heavy atom. The number of carbonyl (C=O) groups excluding carboxylic acids is 2. The van der Waals surface area contributed by atoms with Crippen molar-refractivity contribution >= 4 is 17.4 Å². The zero-order chi connectivity index (χ0) is 17.0. The molecule has 1 aliphatic rings. The zero-order valence-electron chi connectivity index (χ0n) is 12.7. The van der Waals surface area contributed by atoms with E-state index in [-0.39, 0.29) is 30.7 Å². The molecule has 0 saturated carbocycles. The molecule has 0 radical (unpaired) electrons. The zero-order valence-corrected chi connectivity index (χ0v) is 12.7. The van der Waals surface area contributed by atoms with Gasteiger partial charge in [0.1, 0.15) is 0 Å². The maximum absolute atomic E-state index is 12.3. The van der Waals surface area contributed by atoms with Crippen LogP contribution in [0.1, 0.15) is 30.1 Å². The maximum Gasteiger partial charge on any atom is 0.401 e. The number of pyridine rings is 1. The first-order chi connectivity index (χ1) is 10.8. The third-order valence-electron chi connectivity index (χ3n) is 3.82. The van der Waals surface area contributed by atoms with Crippen molar-refractivity contribution in [3.8, 4) is 0 Å². The summed E-state index contributed by atoms with van der Waals surface area (Å²) >= 11 is 0. The molecule has 1 aliphatic heterocycles. The predicted octanol–water partition coefficient (Wildman–Crippen LogP) is 2.50. The molecule has 0 bridgehead atoms. The van der Waals surface area contributed by atoms with Gasteiger partial charge in [-0.1, -0.05) is 0 Å². The molecule has 1 fully saturated rings. The van der Waals surface area contributed by atoms with Gasteiger partial charge in [-0.25, -0.2) is 0 Å². The van der Waals surface area contributed by atoms with E-state index >= 15 is 0 Å². The third-order valence-corrected chi connectivity index (χ3v) is 3.82. The molecule has 23 heavy (non-hydrogen) atoms. The number of amides is 1. The number of rotatable bonds is 4. The van der Waals surface area contributed by atoms with Gasteiger partial charge in [0, 0.05) is 18.3 Å². The van der Waals surface area contributed by atoms with Crippen molar-refractivity contribution in [1.29, 1.82) is 0 Å². The predicted molar refractivity (Wildman–Crippen MR) is 78.1 cm³/mol. The van der Waals surface area contributed by atoms with Crippen LogP contribution in [0.4, 0.5) is 18.9 Å². The molecule has 0 spiro atoms. The van der Waals surface area contributed by atoms with E-state index in [9.17, 15) is 22.8 Å². The Morgan fingerprint density at radius 1 is 1.35 bits per heavy atom. The molecular weight excluding hydrogens is 311 g/mol. The molecule has 0 aliphatic carbocycles. The smallest absolute Gasteiger partial charge is 0.325 e. The van der Waals surface area contributed by atoms with Gasteiger partial charge < -0.3 is 5.32 Å². The van der Waals surface area contributed by atoms with Gasteiger partial charge in [-0.05, 0) is 38.9 Å². The van der Waals surface area contributed by atoms with Crippen molar-refractivity contribution in [3.63, 3.8) is 0 Å². The van der Waals surface area contributed by atoms with Gasteiger partial charge in [0.2, 0.25) is 5.91 Å². The Kier molecular flexibility index (Phi) is 5.35. The first-order valence-electron chi connectivity index (χ1n) is 7.31. The van der Waals surface area contributed by atoms with Gasteiger partial charge in [-0.2, -0.15) is 13.2 Å². The van der Waals surface area contributed by atoms with Gasteiger partial charge >= 0.3 is 6.18 Å². The summed E-state index contributed by atoms with van der Waals surface area (Å²) in [6.45, 7) is 0.892. The van der Waals surface area contributed by atoms with Gasteiger partial charge in [0.15, 0.2) is 5.78 Å². The first kappa shape index (κ1) is 17.4. The van der Waals surface area contributed by atoms with Crippen LogP contribution in [0.3, 0.4) is 0 Å². The Hall–Kier alpha value is -1.96. The number of ketones is 1. The van der Waals surface area contributed by atoms with Crippen LogP contribution in [0.15, 0.2) is 18.5 Å². The molecule has 1 N–H and O–H groups in total. The first-order valence-corrected chi connectivity index (χ1v) is 7.31. The van der Waals surface area contributed by atoms with E-state index in [1.165, 1.54) is 30.3 Å². The number of alkyl halides is 3. The average molecular weight is 329 g/mol. The number of halogens is 3. The number of hydrogen-bond acceptors (Lipinski definition) is 4. The molecule has 126 valence electrons. The van der Waals surface area contributed by atoms with Crippen molar-refractivity contribution < 1.29 is 22.8 Å². The van der Waals surface area contributed by atoms with Crippen LogP contribution >= 0.6 is 0 Å². The summed E-state index contributed by atoms with van der Waals surface area (Å²) in [5, 5.41) is 2.68. The lowest BCUT2D eigenvalue weighted by molar-refractivity contribution is -0.149. The molecule has 1 amide bonds. The van der Waals surface area contributed by atoms with Crippen molar-refractivity contribution in [3.05, 3.63) is 24.0 Å². The minimum atomic E-state index is -4.22. The maximum atomic E-state index is 12.3.